The second kappa shape index (κ2) is 8.21. The lowest BCUT2D eigenvalue weighted by Gasteiger charge is -2.32. The highest BCUT2D eigenvalue weighted by molar-refractivity contribution is 5.95. The van der Waals surface area contributed by atoms with Crippen molar-refractivity contribution in [3.63, 3.8) is 0 Å². The van der Waals surface area contributed by atoms with Gasteiger partial charge in [0, 0.05) is 25.2 Å². The van der Waals surface area contributed by atoms with Crippen LogP contribution in [-0.2, 0) is 9.59 Å². The molecule has 0 aromatic heterocycles. The van der Waals surface area contributed by atoms with Gasteiger partial charge < -0.3 is 20.1 Å². The maximum Gasteiger partial charge on any atom is 0.341 e. The zero-order valence-electron chi connectivity index (χ0n) is 14.6. The highest BCUT2D eigenvalue weighted by Crippen LogP contribution is 2.28. The summed E-state index contributed by atoms with van der Waals surface area (Å²) < 4.78 is 5.13. The average Bonchev–Trinajstić information content (AvgIpc) is 3.48. The van der Waals surface area contributed by atoms with E-state index < -0.39 is 12.6 Å². The van der Waals surface area contributed by atoms with Crippen LogP contribution in [0.5, 0.6) is 5.75 Å². The number of likely N-dealkylation sites (tertiary alicyclic amines) is 1. The van der Waals surface area contributed by atoms with E-state index in [9.17, 15) is 14.4 Å². The predicted octanol–water partition coefficient (Wildman–Crippen LogP) is 1.53. The van der Waals surface area contributed by atoms with Crippen LogP contribution < -0.4 is 10.1 Å². The summed E-state index contributed by atoms with van der Waals surface area (Å²) in [6.45, 7) is 1.32. The number of nitrogens with one attached hydrogen (secondary N) is 1. The van der Waals surface area contributed by atoms with Gasteiger partial charge in [-0.05, 0) is 49.8 Å². The molecule has 1 atom stereocenters. The van der Waals surface area contributed by atoms with Crippen LogP contribution in [0.3, 0.4) is 0 Å². The first-order valence-corrected chi connectivity index (χ1v) is 9.04. The third kappa shape index (κ3) is 4.97. The molecule has 1 unspecified atom stereocenters. The number of nitrogens with zero attached hydrogens (tertiary/aromatic N) is 1. The summed E-state index contributed by atoms with van der Waals surface area (Å²) >= 11 is 0. The number of hydrogen-bond acceptors (Lipinski definition) is 4. The number of carbonyl (C=O) groups excluding carboxylic acids is 2. The Kier molecular flexibility index (Phi) is 5.75. The first-order valence-electron chi connectivity index (χ1n) is 9.04. The van der Waals surface area contributed by atoms with Gasteiger partial charge in [0.25, 0.3) is 5.91 Å². The molecule has 2 amide bonds. The molecule has 0 spiro atoms. The second-order valence-corrected chi connectivity index (χ2v) is 6.99. The van der Waals surface area contributed by atoms with Crippen LogP contribution in [0.25, 0.3) is 0 Å². The number of carboxylic acids is 1. The Morgan fingerprint density at radius 2 is 2.04 bits per heavy atom. The fourth-order valence-electron chi connectivity index (χ4n) is 3.13. The number of aliphatic carboxylic acids is 1. The molecule has 7 nitrogen and oxygen atoms in total. The summed E-state index contributed by atoms with van der Waals surface area (Å²) in [6.07, 6.45) is 3.97. The SMILES string of the molecule is O=C(O)COc1cccc(C(=O)N2CCCC(C(=O)NCC3CC3)C2)c1. The molecule has 1 aromatic rings. The quantitative estimate of drug-likeness (QED) is 0.769. The van der Waals surface area contributed by atoms with Gasteiger partial charge in [0.2, 0.25) is 5.91 Å². The first kappa shape index (κ1) is 18.2. The van der Waals surface area contributed by atoms with Gasteiger partial charge in [-0.25, -0.2) is 4.79 Å². The maximum atomic E-state index is 12.8. The van der Waals surface area contributed by atoms with Crippen molar-refractivity contribution in [3.05, 3.63) is 29.8 Å². The summed E-state index contributed by atoms with van der Waals surface area (Å²) in [6, 6.07) is 6.49. The molecular formula is C19H24N2O5. The maximum absolute atomic E-state index is 12.8. The molecule has 1 heterocycles. The molecular weight excluding hydrogens is 336 g/mol. The third-order valence-electron chi connectivity index (χ3n) is 4.78. The smallest absolute Gasteiger partial charge is 0.341 e. The molecule has 1 aromatic carbocycles. The van der Waals surface area contributed by atoms with Crippen molar-refractivity contribution >= 4 is 17.8 Å². The Balaban J connectivity index is 1.58. The van der Waals surface area contributed by atoms with Gasteiger partial charge in [0.05, 0.1) is 5.92 Å². The number of rotatable bonds is 7. The van der Waals surface area contributed by atoms with E-state index in [0.717, 1.165) is 19.4 Å². The van der Waals surface area contributed by atoms with E-state index >= 15 is 0 Å². The molecule has 1 saturated carbocycles. The van der Waals surface area contributed by atoms with E-state index in [1.165, 1.54) is 12.8 Å². The Morgan fingerprint density at radius 1 is 1.23 bits per heavy atom. The zero-order valence-corrected chi connectivity index (χ0v) is 14.6. The molecule has 1 saturated heterocycles. The molecule has 2 N–H and O–H groups in total. The number of carbonyl (C=O) groups is 3. The van der Waals surface area contributed by atoms with E-state index in [2.05, 4.69) is 5.32 Å². The fraction of sp³-hybridized carbons (Fsp3) is 0.526. The lowest BCUT2D eigenvalue weighted by molar-refractivity contribution is -0.139. The Morgan fingerprint density at radius 3 is 2.77 bits per heavy atom. The lowest BCUT2D eigenvalue weighted by atomic mass is 9.96. The predicted molar refractivity (Wildman–Crippen MR) is 93.9 cm³/mol. The van der Waals surface area contributed by atoms with Crippen LogP contribution in [-0.4, -0.2) is 54.0 Å². The topological polar surface area (TPSA) is 95.9 Å². The second-order valence-electron chi connectivity index (χ2n) is 6.99. The van der Waals surface area contributed by atoms with Gasteiger partial charge in [0.15, 0.2) is 6.61 Å². The van der Waals surface area contributed by atoms with Crippen molar-refractivity contribution < 1.29 is 24.2 Å². The lowest BCUT2D eigenvalue weighted by Crippen LogP contribution is -2.45. The fourth-order valence-corrected chi connectivity index (χ4v) is 3.13. The summed E-state index contributed by atoms with van der Waals surface area (Å²) in [5, 5.41) is 11.7. The minimum atomic E-state index is -1.07. The van der Waals surface area contributed by atoms with E-state index in [1.807, 2.05) is 0 Å². The van der Waals surface area contributed by atoms with Gasteiger partial charge in [-0.1, -0.05) is 6.07 Å². The summed E-state index contributed by atoms with van der Waals surface area (Å²) in [4.78, 5) is 37.4. The number of hydrogen-bond donors (Lipinski definition) is 2. The van der Waals surface area contributed by atoms with E-state index in [0.29, 0.717) is 30.3 Å². The average molecular weight is 360 g/mol. The van der Waals surface area contributed by atoms with Crippen LogP contribution >= 0.6 is 0 Å². The van der Waals surface area contributed by atoms with Crippen molar-refractivity contribution in [2.24, 2.45) is 11.8 Å². The third-order valence-corrected chi connectivity index (χ3v) is 4.78. The van der Waals surface area contributed by atoms with Gasteiger partial charge in [-0.2, -0.15) is 0 Å². The molecule has 140 valence electrons. The van der Waals surface area contributed by atoms with Gasteiger partial charge in [0.1, 0.15) is 5.75 Å². The molecule has 2 fully saturated rings. The molecule has 0 bridgehead atoms. The number of benzene rings is 1. The van der Waals surface area contributed by atoms with E-state index in [1.54, 1.807) is 29.2 Å². The van der Waals surface area contributed by atoms with Crippen LogP contribution in [0.1, 0.15) is 36.0 Å². The number of ether oxygens (including phenoxy) is 1. The summed E-state index contributed by atoms with van der Waals surface area (Å²) in [5.74, 6) is -0.392. The van der Waals surface area contributed by atoms with Crippen LogP contribution in [0.2, 0.25) is 0 Å². The highest BCUT2D eigenvalue weighted by atomic mass is 16.5. The Bertz CT molecular complexity index is 686. The number of carboxylic acid groups (broad SMARTS) is 1. The van der Waals surface area contributed by atoms with Crippen LogP contribution in [0.4, 0.5) is 0 Å². The van der Waals surface area contributed by atoms with E-state index in [4.69, 9.17) is 9.84 Å². The molecule has 7 heteroatoms. The highest BCUT2D eigenvalue weighted by Gasteiger charge is 2.30. The van der Waals surface area contributed by atoms with Crippen molar-refractivity contribution in [2.75, 3.05) is 26.2 Å². The number of amides is 2. The molecule has 0 radical (unpaired) electrons. The van der Waals surface area contributed by atoms with Gasteiger partial charge >= 0.3 is 5.97 Å². The summed E-state index contributed by atoms with van der Waals surface area (Å²) in [5.41, 5.74) is 0.437. The molecule has 3 rings (SSSR count). The monoisotopic (exact) mass is 360 g/mol. The van der Waals surface area contributed by atoms with Crippen molar-refractivity contribution in [1.29, 1.82) is 0 Å². The molecule has 26 heavy (non-hydrogen) atoms. The normalized spacial score (nSPS) is 19.7. The molecule has 1 aliphatic carbocycles. The zero-order chi connectivity index (χ0) is 18.5. The van der Waals surface area contributed by atoms with Crippen molar-refractivity contribution in [3.8, 4) is 5.75 Å². The Hall–Kier alpha value is -2.57. The Labute approximate surface area is 152 Å². The summed E-state index contributed by atoms with van der Waals surface area (Å²) in [7, 11) is 0. The minimum absolute atomic E-state index is 0.0351. The standard InChI is InChI=1S/C19H24N2O5/c22-17(23)12-26-16-5-1-3-14(9-16)19(25)21-8-2-4-15(11-21)18(24)20-10-13-6-7-13/h1,3,5,9,13,15H,2,4,6-8,10-12H2,(H,20,24)(H,22,23). The minimum Gasteiger partial charge on any atom is -0.482 e. The molecule has 2 aliphatic rings. The van der Waals surface area contributed by atoms with Gasteiger partial charge in [-0.3, -0.25) is 9.59 Å². The molecule has 1 aliphatic heterocycles. The van der Waals surface area contributed by atoms with E-state index in [-0.39, 0.29) is 17.7 Å². The first-order chi connectivity index (χ1) is 12.5. The van der Waals surface area contributed by atoms with Gasteiger partial charge in [-0.15, -0.1) is 0 Å². The largest absolute Gasteiger partial charge is 0.482 e. The van der Waals surface area contributed by atoms with Crippen molar-refractivity contribution in [1.82, 2.24) is 10.2 Å². The van der Waals surface area contributed by atoms with Crippen LogP contribution in [0.15, 0.2) is 24.3 Å². The van der Waals surface area contributed by atoms with Crippen molar-refractivity contribution in [2.45, 2.75) is 25.7 Å². The van der Waals surface area contributed by atoms with Crippen LogP contribution in [0, 0.1) is 11.8 Å². The number of piperidine rings is 1.